The zero-order valence-electron chi connectivity index (χ0n) is 9.60. The fraction of sp³-hybridized carbons (Fsp3) is 0.154. The van der Waals surface area contributed by atoms with Crippen molar-refractivity contribution in [2.75, 3.05) is 0 Å². The zero-order chi connectivity index (χ0) is 13.1. The van der Waals surface area contributed by atoms with Gasteiger partial charge in [-0.1, -0.05) is 17.7 Å². The van der Waals surface area contributed by atoms with Crippen LogP contribution < -0.4 is 4.74 Å². The van der Waals surface area contributed by atoms with Crippen molar-refractivity contribution in [3.05, 3.63) is 51.7 Å². The van der Waals surface area contributed by atoms with Gasteiger partial charge in [0.05, 0.1) is 21.8 Å². The van der Waals surface area contributed by atoms with Gasteiger partial charge >= 0.3 is 0 Å². The quantitative estimate of drug-likeness (QED) is 0.911. The standard InChI is InChI=1S/C13H11BrClNO2/c1-8(17)9-2-3-13(12(14)4-9)18-11-5-10(15)6-16-7-11/h2-8,17H,1H3/t8-/m1/s1. The number of pyridine rings is 1. The van der Waals surface area contributed by atoms with Crippen molar-refractivity contribution in [3.8, 4) is 11.5 Å². The van der Waals surface area contributed by atoms with Crippen LogP contribution >= 0.6 is 27.5 Å². The fourth-order valence-electron chi connectivity index (χ4n) is 1.43. The number of aromatic nitrogens is 1. The van der Waals surface area contributed by atoms with E-state index in [0.29, 0.717) is 16.5 Å². The molecule has 2 rings (SSSR count). The molecule has 94 valence electrons. The van der Waals surface area contributed by atoms with Crippen LogP contribution in [0.25, 0.3) is 0 Å². The summed E-state index contributed by atoms with van der Waals surface area (Å²) in [6.07, 6.45) is 2.61. The highest BCUT2D eigenvalue weighted by Gasteiger charge is 2.07. The molecule has 3 nitrogen and oxygen atoms in total. The van der Waals surface area contributed by atoms with Crippen LogP contribution in [0.4, 0.5) is 0 Å². The zero-order valence-corrected chi connectivity index (χ0v) is 11.9. The van der Waals surface area contributed by atoms with Crippen LogP contribution in [0.15, 0.2) is 41.1 Å². The second-order valence-corrected chi connectivity index (χ2v) is 5.10. The van der Waals surface area contributed by atoms with Crippen molar-refractivity contribution in [1.29, 1.82) is 0 Å². The molecule has 0 aliphatic rings. The summed E-state index contributed by atoms with van der Waals surface area (Å²) >= 11 is 9.23. The summed E-state index contributed by atoms with van der Waals surface area (Å²) < 4.78 is 6.41. The Balaban J connectivity index is 2.24. The lowest BCUT2D eigenvalue weighted by Crippen LogP contribution is -1.92. The van der Waals surface area contributed by atoms with E-state index in [9.17, 15) is 5.11 Å². The first kappa shape index (κ1) is 13.3. The third-order valence-corrected chi connectivity index (χ3v) is 3.17. The first-order chi connectivity index (χ1) is 8.56. The molecule has 1 heterocycles. The summed E-state index contributed by atoms with van der Waals surface area (Å²) in [5, 5.41) is 9.99. The van der Waals surface area contributed by atoms with E-state index in [1.165, 1.54) is 0 Å². The SMILES string of the molecule is C[C@@H](O)c1ccc(Oc2cncc(Cl)c2)c(Br)c1. The maximum atomic E-state index is 9.48. The highest BCUT2D eigenvalue weighted by Crippen LogP contribution is 2.32. The molecule has 5 heteroatoms. The molecule has 0 saturated carbocycles. The molecule has 1 N–H and O–H groups in total. The van der Waals surface area contributed by atoms with Crippen LogP contribution in [0.5, 0.6) is 11.5 Å². The summed E-state index contributed by atoms with van der Waals surface area (Å²) in [4.78, 5) is 3.94. The Bertz CT molecular complexity index is 560. The first-order valence-corrected chi connectivity index (χ1v) is 6.49. The van der Waals surface area contributed by atoms with Crippen molar-refractivity contribution in [3.63, 3.8) is 0 Å². The maximum Gasteiger partial charge on any atom is 0.147 e. The van der Waals surface area contributed by atoms with Gasteiger partial charge in [0.2, 0.25) is 0 Å². The second kappa shape index (κ2) is 5.69. The third-order valence-electron chi connectivity index (χ3n) is 2.35. The van der Waals surface area contributed by atoms with Gasteiger partial charge in [0.15, 0.2) is 0 Å². The number of halogens is 2. The minimum atomic E-state index is -0.511. The topological polar surface area (TPSA) is 42.4 Å². The van der Waals surface area contributed by atoms with Gasteiger partial charge in [-0.2, -0.15) is 0 Å². The number of aliphatic hydroxyl groups is 1. The van der Waals surface area contributed by atoms with Crippen LogP contribution in [0, 0.1) is 0 Å². The monoisotopic (exact) mass is 327 g/mol. The Morgan fingerprint density at radius 3 is 2.72 bits per heavy atom. The van der Waals surface area contributed by atoms with Gasteiger partial charge in [-0.15, -0.1) is 0 Å². The second-order valence-electron chi connectivity index (χ2n) is 3.81. The average Bonchev–Trinajstić information content (AvgIpc) is 2.31. The molecule has 0 spiro atoms. The minimum Gasteiger partial charge on any atom is -0.455 e. The number of aliphatic hydroxyl groups excluding tert-OH is 1. The van der Waals surface area contributed by atoms with Crippen molar-refractivity contribution >= 4 is 27.5 Å². The molecular weight excluding hydrogens is 318 g/mol. The molecule has 0 aliphatic carbocycles. The number of benzene rings is 1. The molecule has 1 aromatic heterocycles. The maximum absolute atomic E-state index is 9.48. The van der Waals surface area contributed by atoms with E-state index in [4.69, 9.17) is 16.3 Å². The molecule has 0 aliphatic heterocycles. The van der Waals surface area contributed by atoms with E-state index in [2.05, 4.69) is 20.9 Å². The molecule has 2 aromatic rings. The lowest BCUT2D eigenvalue weighted by atomic mass is 10.1. The van der Waals surface area contributed by atoms with Crippen molar-refractivity contribution < 1.29 is 9.84 Å². The van der Waals surface area contributed by atoms with E-state index in [-0.39, 0.29) is 0 Å². The number of ether oxygens (including phenoxy) is 1. The van der Waals surface area contributed by atoms with Gasteiger partial charge in [0, 0.05) is 12.3 Å². The van der Waals surface area contributed by atoms with Crippen LogP contribution in [-0.2, 0) is 0 Å². The minimum absolute atomic E-state index is 0.511. The van der Waals surface area contributed by atoms with Gasteiger partial charge < -0.3 is 9.84 Å². The van der Waals surface area contributed by atoms with Crippen LogP contribution in [0.1, 0.15) is 18.6 Å². The van der Waals surface area contributed by atoms with Gasteiger partial charge in [0.1, 0.15) is 11.5 Å². The van der Waals surface area contributed by atoms with Crippen LogP contribution in [-0.4, -0.2) is 10.1 Å². The molecule has 0 bridgehead atoms. The smallest absolute Gasteiger partial charge is 0.147 e. The Morgan fingerprint density at radius 2 is 2.11 bits per heavy atom. The molecule has 0 amide bonds. The van der Waals surface area contributed by atoms with Gasteiger partial charge in [-0.3, -0.25) is 4.98 Å². The Hall–Kier alpha value is -1.10. The molecule has 0 unspecified atom stereocenters. The summed E-state index contributed by atoms with van der Waals surface area (Å²) in [7, 11) is 0. The predicted octanol–water partition coefficient (Wildman–Crippen LogP) is 4.34. The van der Waals surface area contributed by atoms with Crippen LogP contribution in [0.3, 0.4) is 0 Å². The summed E-state index contributed by atoms with van der Waals surface area (Å²) in [6, 6.07) is 7.09. The van der Waals surface area contributed by atoms with E-state index in [1.807, 2.05) is 12.1 Å². The fourth-order valence-corrected chi connectivity index (χ4v) is 2.08. The molecule has 18 heavy (non-hydrogen) atoms. The Kier molecular flexibility index (Phi) is 4.22. The largest absolute Gasteiger partial charge is 0.455 e. The number of hydrogen-bond donors (Lipinski definition) is 1. The Labute approximate surface area is 119 Å². The average molecular weight is 329 g/mol. The molecular formula is C13H11BrClNO2. The third kappa shape index (κ3) is 3.22. The summed E-state index contributed by atoms with van der Waals surface area (Å²) in [6.45, 7) is 1.71. The Morgan fingerprint density at radius 1 is 1.33 bits per heavy atom. The van der Waals surface area contributed by atoms with E-state index >= 15 is 0 Å². The van der Waals surface area contributed by atoms with Crippen LogP contribution in [0.2, 0.25) is 5.02 Å². The van der Waals surface area contributed by atoms with Gasteiger partial charge in [0.25, 0.3) is 0 Å². The number of hydrogen-bond acceptors (Lipinski definition) is 3. The molecule has 1 atom stereocenters. The molecule has 0 radical (unpaired) electrons. The first-order valence-electron chi connectivity index (χ1n) is 5.32. The lowest BCUT2D eigenvalue weighted by Gasteiger charge is -2.10. The highest BCUT2D eigenvalue weighted by atomic mass is 79.9. The predicted molar refractivity (Wildman–Crippen MR) is 74.1 cm³/mol. The van der Waals surface area contributed by atoms with Crippen molar-refractivity contribution in [2.45, 2.75) is 13.0 Å². The molecule has 1 aromatic carbocycles. The number of rotatable bonds is 3. The van der Waals surface area contributed by atoms with Gasteiger partial charge in [-0.05, 0) is 40.5 Å². The summed E-state index contributed by atoms with van der Waals surface area (Å²) in [5.41, 5.74) is 0.818. The van der Waals surface area contributed by atoms with E-state index in [1.54, 1.807) is 31.5 Å². The number of nitrogens with zero attached hydrogens (tertiary/aromatic N) is 1. The lowest BCUT2D eigenvalue weighted by molar-refractivity contribution is 0.199. The van der Waals surface area contributed by atoms with E-state index in [0.717, 1.165) is 10.0 Å². The van der Waals surface area contributed by atoms with Crippen molar-refractivity contribution in [1.82, 2.24) is 4.98 Å². The van der Waals surface area contributed by atoms with Gasteiger partial charge in [-0.25, -0.2) is 0 Å². The van der Waals surface area contributed by atoms with Crippen molar-refractivity contribution in [2.24, 2.45) is 0 Å². The van der Waals surface area contributed by atoms with E-state index < -0.39 is 6.10 Å². The normalized spacial score (nSPS) is 12.2. The summed E-state index contributed by atoms with van der Waals surface area (Å²) in [5.74, 6) is 1.21. The highest BCUT2D eigenvalue weighted by molar-refractivity contribution is 9.10. The molecule has 0 saturated heterocycles. The molecule has 0 fully saturated rings.